The molecule has 28 heavy (non-hydrogen) atoms. The number of amides is 1. The van der Waals surface area contributed by atoms with E-state index in [-0.39, 0.29) is 18.7 Å². The SMILES string of the molecule is O=C(CCc1ccc(F)c(F)c1)Oc1ccc(NC(=O)c2ccccc2)cc1. The second-order valence-corrected chi connectivity index (χ2v) is 6.07. The number of nitrogens with one attached hydrogen (secondary N) is 1. The van der Waals surface area contributed by atoms with Crippen LogP contribution in [0.2, 0.25) is 0 Å². The van der Waals surface area contributed by atoms with Crippen LogP contribution in [0.25, 0.3) is 0 Å². The summed E-state index contributed by atoms with van der Waals surface area (Å²) < 4.78 is 31.3. The third kappa shape index (κ3) is 5.23. The van der Waals surface area contributed by atoms with Gasteiger partial charge in [0.05, 0.1) is 0 Å². The Morgan fingerprint density at radius 2 is 1.57 bits per heavy atom. The first-order chi connectivity index (χ1) is 13.5. The lowest BCUT2D eigenvalue weighted by Crippen LogP contribution is -2.12. The highest BCUT2D eigenvalue weighted by molar-refractivity contribution is 6.04. The van der Waals surface area contributed by atoms with Gasteiger partial charge in [-0.25, -0.2) is 8.78 Å². The number of aryl methyl sites for hydroxylation is 1. The van der Waals surface area contributed by atoms with Crippen molar-refractivity contribution in [3.8, 4) is 5.75 Å². The molecule has 6 heteroatoms. The van der Waals surface area contributed by atoms with E-state index in [1.54, 1.807) is 48.5 Å². The number of ether oxygens (including phenoxy) is 1. The molecule has 0 aliphatic rings. The van der Waals surface area contributed by atoms with Crippen LogP contribution in [-0.2, 0) is 11.2 Å². The number of esters is 1. The third-order valence-corrected chi connectivity index (χ3v) is 3.98. The Hall–Kier alpha value is -3.54. The molecule has 0 aliphatic carbocycles. The Kier molecular flexibility index (Phi) is 6.11. The molecule has 3 aromatic carbocycles. The van der Waals surface area contributed by atoms with Gasteiger partial charge in [-0.15, -0.1) is 0 Å². The molecular weight excluding hydrogens is 364 g/mol. The molecule has 0 saturated heterocycles. The Labute approximate surface area is 160 Å². The summed E-state index contributed by atoms with van der Waals surface area (Å²) in [6, 6.07) is 18.7. The molecule has 4 nitrogen and oxygen atoms in total. The molecule has 3 rings (SSSR count). The predicted octanol–water partition coefficient (Wildman–Crippen LogP) is 4.76. The van der Waals surface area contributed by atoms with E-state index >= 15 is 0 Å². The summed E-state index contributed by atoms with van der Waals surface area (Å²) in [5.74, 6) is -2.28. The van der Waals surface area contributed by atoms with Crippen LogP contribution in [0, 0.1) is 11.6 Å². The predicted molar refractivity (Wildman–Crippen MR) is 101 cm³/mol. The summed E-state index contributed by atoms with van der Waals surface area (Å²) in [6.45, 7) is 0. The highest BCUT2D eigenvalue weighted by atomic mass is 19.2. The van der Waals surface area contributed by atoms with E-state index in [1.807, 2.05) is 6.07 Å². The minimum atomic E-state index is -0.945. The van der Waals surface area contributed by atoms with Crippen molar-refractivity contribution in [2.45, 2.75) is 12.8 Å². The number of hydrogen-bond acceptors (Lipinski definition) is 3. The van der Waals surface area contributed by atoms with Crippen molar-refractivity contribution in [2.75, 3.05) is 5.32 Å². The maximum Gasteiger partial charge on any atom is 0.311 e. The van der Waals surface area contributed by atoms with E-state index in [0.717, 1.165) is 12.1 Å². The fourth-order valence-electron chi connectivity index (χ4n) is 2.52. The van der Waals surface area contributed by atoms with Crippen LogP contribution in [0.3, 0.4) is 0 Å². The molecule has 0 bridgehead atoms. The maximum atomic E-state index is 13.2. The molecule has 0 aliphatic heterocycles. The average molecular weight is 381 g/mol. The Balaban J connectivity index is 1.51. The molecule has 0 atom stereocenters. The van der Waals surface area contributed by atoms with E-state index in [0.29, 0.717) is 22.6 Å². The van der Waals surface area contributed by atoms with Gasteiger partial charge in [-0.2, -0.15) is 0 Å². The van der Waals surface area contributed by atoms with Crippen LogP contribution in [0.4, 0.5) is 14.5 Å². The van der Waals surface area contributed by atoms with Gasteiger partial charge in [0.25, 0.3) is 5.91 Å². The van der Waals surface area contributed by atoms with E-state index in [9.17, 15) is 18.4 Å². The van der Waals surface area contributed by atoms with Gasteiger partial charge >= 0.3 is 5.97 Å². The highest BCUT2D eigenvalue weighted by Gasteiger charge is 2.09. The molecule has 142 valence electrons. The van der Waals surface area contributed by atoms with Crippen LogP contribution in [0.1, 0.15) is 22.3 Å². The number of carbonyl (C=O) groups excluding carboxylic acids is 2. The molecule has 0 radical (unpaired) electrons. The Morgan fingerprint density at radius 1 is 0.857 bits per heavy atom. The summed E-state index contributed by atoms with van der Waals surface area (Å²) in [5.41, 5.74) is 1.61. The molecule has 0 spiro atoms. The number of rotatable bonds is 6. The Bertz CT molecular complexity index is 973. The van der Waals surface area contributed by atoms with Gasteiger partial charge in [-0.1, -0.05) is 24.3 Å². The van der Waals surface area contributed by atoms with Crippen LogP contribution in [-0.4, -0.2) is 11.9 Å². The quantitative estimate of drug-likeness (QED) is 0.495. The normalized spacial score (nSPS) is 10.4. The van der Waals surface area contributed by atoms with Gasteiger partial charge < -0.3 is 10.1 Å². The van der Waals surface area contributed by atoms with Crippen molar-refractivity contribution < 1.29 is 23.1 Å². The van der Waals surface area contributed by atoms with Gasteiger partial charge in [0.2, 0.25) is 0 Å². The highest BCUT2D eigenvalue weighted by Crippen LogP contribution is 2.18. The van der Waals surface area contributed by atoms with Crippen molar-refractivity contribution >= 4 is 17.6 Å². The lowest BCUT2D eigenvalue weighted by atomic mass is 10.1. The van der Waals surface area contributed by atoms with Crippen molar-refractivity contribution in [3.05, 3.63) is 95.6 Å². The first-order valence-corrected chi connectivity index (χ1v) is 8.62. The van der Waals surface area contributed by atoms with Crippen LogP contribution in [0.5, 0.6) is 5.75 Å². The molecular formula is C22H17F2NO3. The lowest BCUT2D eigenvalue weighted by molar-refractivity contribution is -0.134. The molecule has 1 N–H and O–H groups in total. The first-order valence-electron chi connectivity index (χ1n) is 8.62. The lowest BCUT2D eigenvalue weighted by Gasteiger charge is -2.08. The number of halogens is 2. The molecule has 0 unspecified atom stereocenters. The minimum absolute atomic E-state index is 0.0254. The zero-order valence-electron chi connectivity index (χ0n) is 14.8. The van der Waals surface area contributed by atoms with Crippen molar-refractivity contribution in [1.82, 2.24) is 0 Å². The van der Waals surface area contributed by atoms with E-state index < -0.39 is 17.6 Å². The van der Waals surface area contributed by atoms with Crippen molar-refractivity contribution in [1.29, 1.82) is 0 Å². The number of hydrogen-bond donors (Lipinski definition) is 1. The fraction of sp³-hybridized carbons (Fsp3) is 0.0909. The van der Waals surface area contributed by atoms with Gasteiger partial charge in [0.15, 0.2) is 11.6 Å². The summed E-state index contributed by atoms with van der Waals surface area (Å²) in [7, 11) is 0. The van der Waals surface area contributed by atoms with Crippen LogP contribution >= 0.6 is 0 Å². The molecule has 0 saturated carbocycles. The molecule has 0 heterocycles. The van der Waals surface area contributed by atoms with Crippen molar-refractivity contribution in [3.63, 3.8) is 0 Å². The summed E-state index contributed by atoms with van der Waals surface area (Å²) in [6.07, 6.45) is 0.263. The second-order valence-electron chi connectivity index (χ2n) is 6.07. The third-order valence-electron chi connectivity index (χ3n) is 3.98. The van der Waals surface area contributed by atoms with Gasteiger partial charge in [0.1, 0.15) is 5.75 Å². The first kappa shape index (κ1) is 19.2. The van der Waals surface area contributed by atoms with Gasteiger partial charge in [0, 0.05) is 17.7 Å². The molecule has 0 aromatic heterocycles. The van der Waals surface area contributed by atoms with Gasteiger partial charge in [-0.3, -0.25) is 9.59 Å². The van der Waals surface area contributed by atoms with Crippen LogP contribution < -0.4 is 10.1 Å². The summed E-state index contributed by atoms with van der Waals surface area (Å²) in [5, 5.41) is 2.75. The monoisotopic (exact) mass is 381 g/mol. The standard InChI is InChI=1S/C22H17F2NO3/c23-19-12-6-15(14-20(19)24)7-13-21(26)28-18-10-8-17(9-11-18)25-22(27)16-4-2-1-3-5-16/h1-6,8-12,14H,7,13H2,(H,25,27). The number of carbonyl (C=O) groups is 2. The van der Waals surface area contributed by atoms with E-state index in [1.165, 1.54) is 6.07 Å². The average Bonchev–Trinajstić information content (AvgIpc) is 2.71. The number of anilines is 1. The maximum absolute atomic E-state index is 13.2. The fourth-order valence-corrected chi connectivity index (χ4v) is 2.52. The minimum Gasteiger partial charge on any atom is -0.427 e. The van der Waals surface area contributed by atoms with Crippen molar-refractivity contribution in [2.24, 2.45) is 0 Å². The topological polar surface area (TPSA) is 55.4 Å². The zero-order valence-corrected chi connectivity index (χ0v) is 14.8. The molecule has 0 fully saturated rings. The summed E-state index contributed by atoms with van der Waals surface area (Å²) in [4.78, 5) is 24.0. The van der Waals surface area contributed by atoms with Gasteiger partial charge in [-0.05, 0) is 60.5 Å². The summed E-state index contributed by atoms with van der Waals surface area (Å²) >= 11 is 0. The molecule has 1 amide bonds. The molecule has 3 aromatic rings. The van der Waals surface area contributed by atoms with E-state index in [4.69, 9.17) is 4.74 Å². The smallest absolute Gasteiger partial charge is 0.311 e. The zero-order chi connectivity index (χ0) is 19.9. The Morgan fingerprint density at radius 3 is 2.25 bits per heavy atom. The number of benzene rings is 3. The largest absolute Gasteiger partial charge is 0.427 e. The van der Waals surface area contributed by atoms with E-state index in [2.05, 4.69) is 5.32 Å². The van der Waals surface area contributed by atoms with Crippen LogP contribution in [0.15, 0.2) is 72.8 Å². The second kappa shape index (κ2) is 8.90.